The van der Waals surface area contributed by atoms with E-state index in [1.54, 1.807) is 7.11 Å². The number of hydrogen-bond donors (Lipinski definition) is 2. The van der Waals surface area contributed by atoms with Crippen molar-refractivity contribution in [3.63, 3.8) is 0 Å². The maximum atomic E-state index is 11.9. The predicted octanol–water partition coefficient (Wildman–Crippen LogP) is 5.05. The lowest BCUT2D eigenvalue weighted by atomic mass is 10.1. The van der Waals surface area contributed by atoms with Crippen molar-refractivity contribution < 1.29 is 9.53 Å². The topological polar surface area (TPSA) is 50.4 Å². The first-order valence-corrected chi connectivity index (χ1v) is 9.83. The van der Waals surface area contributed by atoms with E-state index in [0.29, 0.717) is 0 Å². The SMILES string of the molecule is COc1ccc2cc(CNC(C)c3ccc(NC(=O)C4CC4)cc3)ccc2c1. The van der Waals surface area contributed by atoms with E-state index in [2.05, 4.69) is 60.0 Å². The van der Waals surface area contributed by atoms with Crippen LogP contribution in [0, 0.1) is 5.92 Å². The van der Waals surface area contributed by atoms with Crippen LogP contribution in [0.25, 0.3) is 10.8 Å². The molecule has 2 N–H and O–H groups in total. The van der Waals surface area contributed by atoms with Crippen molar-refractivity contribution >= 4 is 22.4 Å². The first-order chi connectivity index (χ1) is 13.6. The highest BCUT2D eigenvalue weighted by Gasteiger charge is 2.29. The van der Waals surface area contributed by atoms with E-state index >= 15 is 0 Å². The Labute approximate surface area is 165 Å². The normalized spacial score (nSPS) is 14.6. The number of carbonyl (C=O) groups is 1. The largest absolute Gasteiger partial charge is 0.497 e. The van der Waals surface area contributed by atoms with Gasteiger partial charge in [0, 0.05) is 24.2 Å². The van der Waals surface area contributed by atoms with Gasteiger partial charge < -0.3 is 15.4 Å². The minimum absolute atomic E-state index is 0.146. The van der Waals surface area contributed by atoms with Gasteiger partial charge in [-0.2, -0.15) is 0 Å². The van der Waals surface area contributed by atoms with Crippen LogP contribution >= 0.6 is 0 Å². The standard InChI is InChI=1S/C24H26N2O2/c1-16(18-7-10-22(11-8-18)26-24(27)19-5-6-19)25-15-17-3-4-21-14-23(28-2)12-9-20(21)13-17/h3-4,7-14,16,19,25H,5-6,15H2,1-2H3,(H,26,27). The lowest BCUT2D eigenvalue weighted by Gasteiger charge is -2.15. The molecule has 0 saturated heterocycles. The van der Waals surface area contributed by atoms with Crippen LogP contribution in [0.5, 0.6) is 5.75 Å². The van der Waals surface area contributed by atoms with Crippen LogP contribution in [0.4, 0.5) is 5.69 Å². The molecule has 1 fully saturated rings. The van der Waals surface area contributed by atoms with Crippen LogP contribution in [0.2, 0.25) is 0 Å². The summed E-state index contributed by atoms with van der Waals surface area (Å²) < 4.78 is 5.29. The fourth-order valence-electron chi connectivity index (χ4n) is 3.34. The lowest BCUT2D eigenvalue weighted by molar-refractivity contribution is -0.117. The number of hydrogen-bond acceptors (Lipinski definition) is 3. The Morgan fingerprint density at radius 1 is 1.04 bits per heavy atom. The van der Waals surface area contributed by atoms with Crippen molar-refractivity contribution in [3.05, 3.63) is 71.8 Å². The first-order valence-electron chi connectivity index (χ1n) is 9.83. The summed E-state index contributed by atoms with van der Waals surface area (Å²) >= 11 is 0. The molecule has 0 aromatic heterocycles. The Kier molecular flexibility index (Phi) is 5.31. The van der Waals surface area contributed by atoms with Crippen LogP contribution < -0.4 is 15.4 Å². The molecule has 0 spiro atoms. The molecule has 0 radical (unpaired) electrons. The summed E-state index contributed by atoms with van der Waals surface area (Å²) in [4.78, 5) is 11.9. The average molecular weight is 374 g/mol. The zero-order valence-corrected chi connectivity index (χ0v) is 16.4. The van der Waals surface area contributed by atoms with E-state index in [1.165, 1.54) is 21.9 Å². The van der Waals surface area contributed by atoms with Crippen LogP contribution in [-0.2, 0) is 11.3 Å². The Morgan fingerprint density at radius 2 is 1.75 bits per heavy atom. The molecular formula is C24H26N2O2. The second kappa shape index (κ2) is 8.03. The van der Waals surface area contributed by atoms with E-state index < -0.39 is 0 Å². The molecule has 144 valence electrons. The third-order valence-corrected chi connectivity index (χ3v) is 5.35. The molecule has 4 heteroatoms. The van der Waals surface area contributed by atoms with Crippen LogP contribution in [0.1, 0.15) is 36.9 Å². The van der Waals surface area contributed by atoms with Gasteiger partial charge in [0.15, 0.2) is 0 Å². The van der Waals surface area contributed by atoms with Gasteiger partial charge in [-0.05, 0) is 72.0 Å². The zero-order valence-electron chi connectivity index (χ0n) is 16.4. The van der Waals surface area contributed by atoms with Gasteiger partial charge in [0.1, 0.15) is 5.75 Å². The van der Waals surface area contributed by atoms with Crippen molar-refractivity contribution in [2.24, 2.45) is 5.92 Å². The molecule has 1 amide bonds. The van der Waals surface area contributed by atoms with Gasteiger partial charge in [0.2, 0.25) is 5.91 Å². The third kappa shape index (κ3) is 4.34. The average Bonchev–Trinajstić information content (AvgIpc) is 3.57. The molecule has 1 saturated carbocycles. The summed E-state index contributed by atoms with van der Waals surface area (Å²) in [6.07, 6.45) is 2.04. The maximum Gasteiger partial charge on any atom is 0.227 e. The fourth-order valence-corrected chi connectivity index (χ4v) is 3.34. The molecule has 28 heavy (non-hydrogen) atoms. The summed E-state index contributed by atoms with van der Waals surface area (Å²) in [5.41, 5.74) is 3.32. The van der Waals surface area contributed by atoms with Crippen LogP contribution in [0.15, 0.2) is 60.7 Å². The van der Waals surface area contributed by atoms with Crippen molar-refractivity contribution in [2.75, 3.05) is 12.4 Å². The summed E-state index contributed by atoms with van der Waals surface area (Å²) in [6, 6.07) is 21.0. The number of rotatable bonds is 7. The van der Waals surface area contributed by atoms with Gasteiger partial charge in [0.05, 0.1) is 7.11 Å². The maximum absolute atomic E-state index is 11.9. The predicted molar refractivity (Wildman–Crippen MR) is 114 cm³/mol. The van der Waals surface area contributed by atoms with E-state index in [9.17, 15) is 4.79 Å². The molecule has 1 unspecified atom stereocenters. The van der Waals surface area contributed by atoms with E-state index in [-0.39, 0.29) is 17.9 Å². The number of amides is 1. The molecule has 4 rings (SSSR count). The molecule has 0 bridgehead atoms. The van der Waals surface area contributed by atoms with Crippen molar-refractivity contribution in [1.82, 2.24) is 5.32 Å². The number of benzene rings is 3. The number of nitrogens with one attached hydrogen (secondary N) is 2. The monoisotopic (exact) mass is 374 g/mol. The van der Waals surface area contributed by atoms with Crippen LogP contribution in [-0.4, -0.2) is 13.0 Å². The Morgan fingerprint density at radius 3 is 2.46 bits per heavy atom. The van der Waals surface area contributed by atoms with Gasteiger partial charge >= 0.3 is 0 Å². The van der Waals surface area contributed by atoms with E-state index in [4.69, 9.17) is 4.74 Å². The lowest BCUT2D eigenvalue weighted by Crippen LogP contribution is -2.18. The highest BCUT2D eigenvalue weighted by molar-refractivity contribution is 5.94. The second-order valence-electron chi connectivity index (χ2n) is 7.54. The fraction of sp³-hybridized carbons (Fsp3) is 0.292. The molecule has 3 aromatic rings. The minimum Gasteiger partial charge on any atom is -0.497 e. The van der Waals surface area contributed by atoms with Crippen LogP contribution in [0.3, 0.4) is 0 Å². The molecule has 3 aromatic carbocycles. The summed E-state index contributed by atoms with van der Waals surface area (Å²) in [5, 5.41) is 8.96. The highest BCUT2D eigenvalue weighted by atomic mass is 16.5. The van der Waals surface area contributed by atoms with Gasteiger partial charge in [-0.3, -0.25) is 4.79 Å². The first kappa shape index (κ1) is 18.5. The van der Waals surface area contributed by atoms with Gasteiger partial charge in [-0.15, -0.1) is 0 Å². The Balaban J connectivity index is 1.36. The molecular weight excluding hydrogens is 348 g/mol. The molecule has 1 aliphatic rings. The molecule has 0 heterocycles. The number of carbonyl (C=O) groups excluding carboxylic acids is 1. The van der Waals surface area contributed by atoms with Gasteiger partial charge in [-0.1, -0.05) is 30.3 Å². The summed E-state index contributed by atoms with van der Waals surface area (Å²) in [7, 11) is 1.69. The molecule has 1 aliphatic carbocycles. The number of ether oxygens (including phenoxy) is 1. The molecule has 1 atom stereocenters. The highest BCUT2D eigenvalue weighted by Crippen LogP contribution is 2.30. The summed E-state index contributed by atoms with van der Waals surface area (Å²) in [5.74, 6) is 1.25. The van der Waals surface area contributed by atoms with Gasteiger partial charge in [-0.25, -0.2) is 0 Å². The number of anilines is 1. The van der Waals surface area contributed by atoms with Crippen molar-refractivity contribution in [3.8, 4) is 5.75 Å². The third-order valence-electron chi connectivity index (χ3n) is 5.35. The smallest absolute Gasteiger partial charge is 0.227 e. The molecule has 4 nitrogen and oxygen atoms in total. The Bertz CT molecular complexity index is 978. The quantitative estimate of drug-likeness (QED) is 0.609. The molecule has 0 aliphatic heterocycles. The summed E-state index contributed by atoms with van der Waals surface area (Å²) in [6.45, 7) is 2.95. The zero-order chi connectivity index (χ0) is 19.5. The van der Waals surface area contributed by atoms with E-state index in [1.807, 2.05) is 18.2 Å². The van der Waals surface area contributed by atoms with E-state index in [0.717, 1.165) is 30.8 Å². The van der Waals surface area contributed by atoms with Crippen molar-refractivity contribution in [2.45, 2.75) is 32.4 Å². The minimum atomic E-state index is 0.146. The Hall–Kier alpha value is -2.85. The van der Waals surface area contributed by atoms with Crippen molar-refractivity contribution in [1.29, 1.82) is 0 Å². The number of fused-ring (bicyclic) bond motifs is 1. The number of methoxy groups -OCH3 is 1. The van der Waals surface area contributed by atoms with Gasteiger partial charge in [0.25, 0.3) is 0 Å². The second-order valence-corrected chi connectivity index (χ2v) is 7.54.